The van der Waals surface area contributed by atoms with Crippen LogP contribution in [-0.4, -0.2) is 24.9 Å². The third-order valence-corrected chi connectivity index (χ3v) is 3.10. The first-order valence-corrected chi connectivity index (χ1v) is 5.39. The van der Waals surface area contributed by atoms with E-state index in [1.54, 1.807) is 7.11 Å². The Morgan fingerprint density at radius 2 is 1.92 bits per heavy atom. The Labute approximate surface area is 81.3 Å². The van der Waals surface area contributed by atoms with Crippen LogP contribution in [-0.2, 0) is 4.74 Å². The Balaban J connectivity index is 2.14. The first kappa shape index (κ1) is 11.0. The van der Waals surface area contributed by atoms with Crippen LogP contribution in [0.1, 0.15) is 39.0 Å². The highest BCUT2D eigenvalue weighted by molar-refractivity contribution is 4.72. The minimum absolute atomic E-state index is 0.247. The molecule has 0 amide bonds. The van der Waals surface area contributed by atoms with E-state index in [1.807, 2.05) is 0 Å². The molecule has 0 spiro atoms. The van der Waals surface area contributed by atoms with E-state index in [0.29, 0.717) is 6.61 Å². The standard InChI is InChI=1S/C11H22O2/c1-9-3-5-10(6-4-9)7-11(12)8-13-2/h9-12H,3-8H2,1-2H3. The Morgan fingerprint density at radius 1 is 1.31 bits per heavy atom. The monoisotopic (exact) mass is 186 g/mol. The van der Waals surface area contributed by atoms with E-state index < -0.39 is 0 Å². The molecule has 0 bridgehead atoms. The topological polar surface area (TPSA) is 29.5 Å². The molecule has 2 heteroatoms. The second-order valence-electron chi connectivity index (χ2n) is 4.47. The summed E-state index contributed by atoms with van der Waals surface area (Å²) >= 11 is 0. The van der Waals surface area contributed by atoms with E-state index in [2.05, 4.69) is 6.92 Å². The van der Waals surface area contributed by atoms with Gasteiger partial charge in [0.25, 0.3) is 0 Å². The first-order chi connectivity index (χ1) is 6.22. The molecule has 0 heterocycles. The maximum atomic E-state index is 9.54. The number of aliphatic hydroxyl groups excluding tert-OH is 1. The van der Waals surface area contributed by atoms with E-state index in [-0.39, 0.29) is 6.10 Å². The second kappa shape index (κ2) is 5.61. The molecule has 0 aromatic rings. The summed E-state index contributed by atoms with van der Waals surface area (Å²) in [6, 6.07) is 0. The lowest BCUT2D eigenvalue weighted by Gasteiger charge is -2.27. The van der Waals surface area contributed by atoms with Gasteiger partial charge in [-0.15, -0.1) is 0 Å². The summed E-state index contributed by atoms with van der Waals surface area (Å²) in [6.45, 7) is 2.81. The van der Waals surface area contributed by atoms with E-state index in [9.17, 15) is 5.11 Å². The van der Waals surface area contributed by atoms with Gasteiger partial charge >= 0.3 is 0 Å². The minimum Gasteiger partial charge on any atom is -0.391 e. The molecular weight excluding hydrogens is 164 g/mol. The van der Waals surface area contributed by atoms with Crippen molar-refractivity contribution in [3.05, 3.63) is 0 Å². The normalized spacial score (nSPS) is 31.6. The molecule has 1 aliphatic carbocycles. The highest BCUT2D eigenvalue weighted by Crippen LogP contribution is 2.30. The highest BCUT2D eigenvalue weighted by Gasteiger charge is 2.20. The number of rotatable bonds is 4. The van der Waals surface area contributed by atoms with Gasteiger partial charge in [-0.05, 0) is 18.3 Å². The van der Waals surface area contributed by atoms with Crippen LogP contribution in [0.3, 0.4) is 0 Å². The zero-order valence-corrected chi connectivity index (χ0v) is 8.83. The molecule has 1 atom stereocenters. The largest absolute Gasteiger partial charge is 0.391 e. The molecule has 1 N–H and O–H groups in total. The quantitative estimate of drug-likeness (QED) is 0.729. The van der Waals surface area contributed by atoms with Crippen molar-refractivity contribution in [3.8, 4) is 0 Å². The molecule has 0 aliphatic heterocycles. The lowest BCUT2D eigenvalue weighted by atomic mass is 9.80. The van der Waals surface area contributed by atoms with E-state index in [4.69, 9.17) is 4.74 Å². The minimum atomic E-state index is -0.247. The van der Waals surface area contributed by atoms with Gasteiger partial charge in [0.05, 0.1) is 12.7 Å². The second-order valence-corrected chi connectivity index (χ2v) is 4.47. The van der Waals surface area contributed by atoms with Crippen molar-refractivity contribution in [1.82, 2.24) is 0 Å². The summed E-state index contributed by atoms with van der Waals surface area (Å²) in [5.41, 5.74) is 0. The zero-order chi connectivity index (χ0) is 9.68. The lowest BCUT2D eigenvalue weighted by Crippen LogP contribution is -2.21. The fourth-order valence-corrected chi connectivity index (χ4v) is 2.21. The van der Waals surface area contributed by atoms with Gasteiger partial charge in [-0.1, -0.05) is 32.6 Å². The summed E-state index contributed by atoms with van der Waals surface area (Å²) in [5.74, 6) is 1.64. The van der Waals surface area contributed by atoms with Crippen LogP contribution >= 0.6 is 0 Å². The molecular formula is C11H22O2. The van der Waals surface area contributed by atoms with Crippen LogP contribution in [0.15, 0.2) is 0 Å². The first-order valence-electron chi connectivity index (χ1n) is 5.39. The number of aliphatic hydroxyl groups is 1. The summed E-state index contributed by atoms with van der Waals surface area (Å²) in [4.78, 5) is 0. The van der Waals surface area contributed by atoms with Gasteiger partial charge in [0, 0.05) is 7.11 Å². The fraction of sp³-hybridized carbons (Fsp3) is 1.00. The third-order valence-electron chi connectivity index (χ3n) is 3.10. The molecule has 1 aliphatic rings. The molecule has 78 valence electrons. The van der Waals surface area contributed by atoms with Crippen LogP contribution < -0.4 is 0 Å². The average Bonchev–Trinajstić information content (AvgIpc) is 2.09. The molecule has 1 rings (SSSR count). The maximum Gasteiger partial charge on any atom is 0.0776 e. The third kappa shape index (κ3) is 4.10. The van der Waals surface area contributed by atoms with Crippen molar-refractivity contribution in [3.63, 3.8) is 0 Å². The van der Waals surface area contributed by atoms with Crippen molar-refractivity contribution in [2.24, 2.45) is 11.8 Å². The van der Waals surface area contributed by atoms with Gasteiger partial charge in [0.15, 0.2) is 0 Å². The molecule has 13 heavy (non-hydrogen) atoms. The molecule has 0 saturated heterocycles. The van der Waals surface area contributed by atoms with Crippen molar-refractivity contribution in [1.29, 1.82) is 0 Å². The molecule has 0 aromatic heterocycles. The van der Waals surface area contributed by atoms with E-state index >= 15 is 0 Å². The van der Waals surface area contributed by atoms with E-state index in [0.717, 1.165) is 18.3 Å². The molecule has 1 fully saturated rings. The van der Waals surface area contributed by atoms with E-state index in [1.165, 1.54) is 25.7 Å². The van der Waals surface area contributed by atoms with Gasteiger partial charge in [0.1, 0.15) is 0 Å². The Kier molecular flexibility index (Phi) is 4.74. The van der Waals surface area contributed by atoms with Crippen LogP contribution in [0, 0.1) is 11.8 Å². The van der Waals surface area contributed by atoms with Crippen molar-refractivity contribution < 1.29 is 9.84 Å². The van der Waals surface area contributed by atoms with Gasteiger partial charge in [0.2, 0.25) is 0 Å². The summed E-state index contributed by atoms with van der Waals surface area (Å²) < 4.78 is 4.92. The van der Waals surface area contributed by atoms with Gasteiger partial charge in [-0.3, -0.25) is 0 Å². The predicted molar refractivity (Wildman–Crippen MR) is 53.6 cm³/mol. The molecule has 0 aromatic carbocycles. The number of hydrogen-bond acceptors (Lipinski definition) is 2. The molecule has 0 radical (unpaired) electrons. The van der Waals surface area contributed by atoms with Crippen LogP contribution in [0.5, 0.6) is 0 Å². The van der Waals surface area contributed by atoms with Crippen molar-refractivity contribution in [2.45, 2.75) is 45.1 Å². The van der Waals surface area contributed by atoms with Crippen LogP contribution in [0.2, 0.25) is 0 Å². The summed E-state index contributed by atoms with van der Waals surface area (Å²) in [6.07, 6.45) is 5.95. The van der Waals surface area contributed by atoms with Gasteiger partial charge in [-0.2, -0.15) is 0 Å². The molecule has 2 nitrogen and oxygen atoms in total. The number of hydrogen-bond donors (Lipinski definition) is 1. The Bertz CT molecular complexity index is 128. The maximum absolute atomic E-state index is 9.54. The lowest BCUT2D eigenvalue weighted by molar-refractivity contribution is 0.0421. The summed E-state index contributed by atoms with van der Waals surface area (Å²) in [5, 5.41) is 9.54. The van der Waals surface area contributed by atoms with Gasteiger partial charge < -0.3 is 9.84 Å². The SMILES string of the molecule is COCC(O)CC1CCC(C)CC1. The molecule has 1 unspecified atom stereocenters. The van der Waals surface area contributed by atoms with Crippen molar-refractivity contribution in [2.75, 3.05) is 13.7 Å². The number of methoxy groups -OCH3 is 1. The zero-order valence-electron chi connectivity index (χ0n) is 8.83. The number of ether oxygens (including phenoxy) is 1. The summed E-state index contributed by atoms with van der Waals surface area (Å²) in [7, 11) is 1.65. The van der Waals surface area contributed by atoms with Gasteiger partial charge in [-0.25, -0.2) is 0 Å². The van der Waals surface area contributed by atoms with Crippen LogP contribution in [0.25, 0.3) is 0 Å². The fourth-order valence-electron chi connectivity index (χ4n) is 2.21. The van der Waals surface area contributed by atoms with Crippen LogP contribution in [0.4, 0.5) is 0 Å². The highest BCUT2D eigenvalue weighted by atomic mass is 16.5. The Morgan fingerprint density at radius 3 is 2.46 bits per heavy atom. The average molecular weight is 186 g/mol. The molecule has 1 saturated carbocycles. The van der Waals surface area contributed by atoms with Crippen molar-refractivity contribution >= 4 is 0 Å². The smallest absolute Gasteiger partial charge is 0.0776 e. The Hall–Kier alpha value is -0.0800. The predicted octanol–water partition coefficient (Wildman–Crippen LogP) is 2.21.